The van der Waals surface area contributed by atoms with Crippen LogP contribution >= 0.6 is 0 Å². The zero-order chi connectivity index (χ0) is 22.8. The molecule has 0 bridgehead atoms. The van der Waals surface area contributed by atoms with Crippen LogP contribution in [-0.4, -0.2) is 37.2 Å². The standard InChI is InChI=1S/C24H19FN6O2/c1-33-19-8-6-18(7-9-19)31-20(10-11-28-31)23-29-22(21-15-26-12-13-30(21)23)24(32)27-14-16-2-4-17(25)5-3-16/h2-13,15H,14H2,1H3,(H,27,32). The number of nitrogens with one attached hydrogen (secondary N) is 1. The summed E-state index contributed by atoms with van der Waals surface area (Å²) in [5.41, 5.74) is 3.11. The molecule has 3 heterocycles. The summed E-state index contributed by atoms with van der Waals surface area (Å²) in [5, 5.41) is 7.28. The van der Waals surface area contributed by atoms with Crippen molar-refractivity contribution in [1.29, 1.82) is 0 Å². The van der Waals surface area contributed by atoms with Crippen molar-refractivity contribution < 1.29 is 13.9 Å². The molecule has 8 nitrogen and oxygen atoms in total. The number of rotatable bonds is 6. The minimum absolute atomic E-state index is 0.239. The largest absolute Gasteiger partial charge is 0.497 e. The van der Waals surface area contributed by atoms with Crippen LogP contribution in [0.5, 0.6) is 5.75 Å². The number of benzene rings is 2. The smallest absolute Gasteiger partial charge is 0.272 e. The third-order valence-corrected chi connectivity index (χ3v) is 5.22. The maximum Gasteiger partial charge on any atom is 0.272 e. The van der Waals surface area contributed by atoms with E-state index in [4.69, 9.17) is 4.74 Å². The quantitative estimate of drug-likeness (QED) is 0.434. The van der Waals surface area contributed by atoms with Crippen LogP contribution in [0.4, 0.5) is 4.39 Å². The van der Waals surface area contributed by atoms with Gasteiger partial charge in [-0.2, -0.15) is 5.10 Å². The van der Waals surface area contributed by atoms with E-state index >= 15 is 0 Å². The molecule has 3 aromatic heterocycles. The third-order valence-electron chi connectivity index (χ3n) is 5.22. The Labute approximate surface area is 188 Å². The number of carbonyl (C=O) groups is 1. The average molecular weight is 442 g/mol. The van der Waals surface area contributed by atoms with E-state index in [1.165, 1.54) is 12.1 Å². The van der Waals surface area contributed by atoms with Gasteiger partial charge in [-0.1, -0.05) is 12.1 Å². The molecule has 5 aromatic rings. The Hall–Kier alpha value is -4.53. The lowest BCUT2D eigenvalue weighted by molar-refractivity contribution is 0.0948. The molecular formula is C24H19FN6O2. The fourth-order valence-electron chi connectivity index (χ4n) is 3.56. The zero-order valence-corrected chi connectivity index (χ0v) is 17.6. The van der Waals surface area contributed by atoms with Gasteiger partial charge in [0.2, 0.25) is 0 Å². The molecule has 0 fully saturated rings. The van der Waals surface area contributed by atoms with E-state index in [0.717, 1.165) is 17.0 Å². The second kappa shape index (κ2) is 8.54. The summed E-state index contributed by atoms with van der Waals surface area (Å²) < 4.78 is 21.9. The molecule has 0 aliphatic rings. The first-order valence-corrected chi connectivity index (χ1v) is 10.2. The Morgan fingerprint density at radius 1 is 1.06 bits per heavy atom. The molecule has 0 aliphatic carbocycles. The van der Waals surface area contributed by atoms with Crippen molar-refractivity contribution >= 4 is 11.4 Å². The van der Waals surface area contributed by atoms with Crippen LogP contribution in [0, 0.1) is 5.82 Å². The Morgan fingerprint density at radius 2 is 1.85 bits per heavy atom. The summed E-state index contributed by atoms with van der Waals surface area (Å²) in [5.74, 6) is 0.610. The predicted molar refractivity (Wildman–Crippen MR) is 120 cm³/mol. The maximum atomic E-state index is 13.1. The summed E-state index contributed by atoms with van der Waals surface area (Å²) in [6, 6.07) is 15.3. The highest BCUT2D eigenvalue weighted by Crippen LogP contribution is 2.25. The molecule has 9 heteroatoms. The molecule has 33 heavy (non-hydrogen) atoms. The zero-order valence-electron chi connectivity index (χ0n) is 17.6. The van der Waals surface area contributed by atoms with Gasteiger partial charge in [0.1, 0.15) is 17.3 Å². The third kappa shape index (κ3) is 3.91. The molecule has 0 saturated carbocycles. The van der Waals surface area contributed by atoms with Crippen LogP contribution in [0.1, 0.15) is 16.1 Å². The monoisotopic (exact) mass is 442 g/mol. The van der Waals surface area contributed by atoms with Crippen molar-refractivity contribution in [2.45, 2.75) is 6.54 Å². The van der Waals surface area contributed by atoms with Gasteiger partial charge >= 0.3 is 0 Å². The van der Waals surface area contributed by atoms with Gasteiger partial charge in [0.15, 0.2) is 11.5 Å². The second-order valence-electron chi connectivity index (χ2n) is 7.25. The van der Waals surface area contributed by atoms with Crippen molar-refractivity contribution in [3.05, 3.63) is 96.5 Å². The van der Waals surface area contributed by atoms with Gasteiger partial charge in [-0.3, -0.25) is 14.2 Å². The van der Waals surface area contributed by atoms with Gasteiger partial charge in [0.25, 0.3) is 5.91 Å². The van der Waals surface area contributed by atoms with E-state index in [1.807, 2.05) is 30.3 Å². The molecule has 2 aromatic carbocycles. The molecule has 0 radical (unpaired) electrons. The van der Waals surface area contributed by atoms with Gasteiger partial charge in [-0.05, 0) is 48.0 Å². The number of aromatic nitrogens is 5. The van der Waals surface area contributed by atoms with E-state index in [-0.39, 0.29) is 24.0 Å². The summed E-state index contributed by atoms with van der Waals surface area (Å²) in [4.78, 5) is 21.8. The first-order chi connectivity index (χ1) is 16.1. The predicted octanol–water partition coefficient (Wildman–Crippen LogP) is 3.66. The number of hydrogen-bond donors (Lipinski definition) is 1. The molecular weight excluding hydrogens is 423 g/mol. The highest BCUT2D eigenvalue weighted by molar-refractivity contribution is 5.99. The lowest BCUT2D eigenvalue weighted by Gasteiger charge is -2.08. The van der Waals surface area contributed by atoms with E-state index in [9.17, 15) is 9.18 Å². The Bertz CT molecular complexity index is 1420. The SMILES string of the molecule is COc1ccc(-n2nccc2-c2nc(C(=O)NCc3ccc(F)cc3)c3cnccn23)cc1. The molecule has 0 aliphatic heterocycles. The van der Waals surface area contributed by atoms with Gasteiger partial charge in [-0.15, -0.1) is 0 Å². The number of nitrogens with zero attached hydrogens (tertiary/aromatic N) is 5. The van der Waals surface area contributed by atoms with Crippen molar-refractivity contribution in [3.8, 4) is 23.0 Å². The minimum atomic E-state index is -0.355. The number of hydrogen-bond acceptors (Lipinski definition) is 5. The van der Waals surface area contributed by atoms with Crippen LogP contribution in [0.25, 0.3) is 22.7 Å². The number of amides is 1. The van der Waals surface area contributed by atoms with Crippen molar-refractivity contribution in [3.63, 3.8) is 0 Å². The fourth-order valence-corrected chi connectivity index (χ4v) is 3.56. The van der Waals surface area contributed by atoms with Gasteiger partial charge in [0.05, 0.1) is 30.7 Å². The number of fused-ring (bicyclic) bond motifs is 1. The van der Waals surface area contributed by atoms with Gasteiger partial charge in [-0.25, -0.2) is 14.1 Å². The molecule has 1 N–H and O–H groups in total. The molecule has 0 unspecified atom stereocenters. The van der Waals surface area contributed by atoms with Crippen molar-refractivity contribution in [2.75, 3.05) is 7.11 Å². The minimum Gasteiger partial charge on any atom is -0.497 e. The normalized spacial score (nSPS) is 11.0. The van der Waals surface area contributed by atoms with E-state index in [2.05, 4.69) is 20.4 Å². The average Bonchev–Trinajstić information content (AvgIpc) is 3.48. The Kier molecular flexibility index (Phi) is 5.27. The second-order valence-corrected chi connectivity index (χ2v) is 7.25. The van der Waals surface area contributed by atoms with Crippen LogP contribution in [0.2, 0.25) is 0 Å². The number of ether oxygens (including phenoxy) is 1. The molecule has 164 valence electrons. The molecule has 0 atom stereocenters. The molecule has 0 saturated heterocycles. The summed E-state index contributed by atoms with van der Waals surface area (Å²) in [6.07, 6.45) is 6.65. The Morgan fingerprint density at radius 3 is 2.61 bits per heavy atom. The topological polar surface area (TPSA) is 86.3 Å². The highest BCUT2D eigenvalue weighted by Gasteiger charge is 2.21. The molecule has 1 amide bonds. The van der Waals surface area contributed by atoms with E-state index in [1.54, 1.807) is 53.1 Å². The van der Waals surface area contributed by atoms with Crippen LogP contribution in [0.3, 0.4) is 0 Å². The molecule has 0 spiro atoms. The highest BCUT2D eigenvalue weighted by atomic mass is 19.1. The van der Waals surface area contributed by atoms with Crippen molar-refractivity contribution in [1.82, 2.24) is 29.5 Å². The fraction of sp³-hybridized carbons (Fsp3) is 0.0833. The van der Waals surface area contributed by atoms with Gasteiger partial charge < -0.3 is 10.1 Å². The van der Waals surface area contributed by atoms with Crippen LogP contribution < -0.4 is 10.1 Å². The van der Waals surface area contributed by atoms with E-state index < -0.39 is 0 Å². The summed E-state index contributed by atoms with van der Waals surface area (Å²) >= 11 is 0. The van der Waals surface area contributed by atoms with Crippen molar-refractivity contribution in [2.24, 2.45) is 0 Å². The Balaban J connectivity index is 1.50. The maximum absolute atomic E-state index is 13.1. The lowest BCUT2D eigenvalue weighted by atomic mass is 10.2. The van der Waals surface area contributed by atoms with E-state index in [0.29, 0.717) is 17.0 Å². The number of methoxy groups -OCH3 is 1. The van der Waals surface area contributed by atoms with Gasteiger partial charge in [0, 0.05) is 18.9 Å². The first-order valence-electron chi connectivity index (χ1n) is 10.2. The number of halogens is 1. The van der Waals surface area contributed by atoms with Crippen LogP contribution in [0.15, 0.2) is 79.4 Å². The first kappa shape index (κ1) is 20.4. The molecule has 5 rings (SSSR count). The lowest BCUT2D eigenvalue weighted by Crippen LogP contribution is -2.23. The summed E-state index contributed by atoms with van der Waals surface area (Å²) in [6.45, 7) is 0.248. The number of imidazole rings is 1. The van der Waals surface area contributed by atoms with Crippen LogP contribution in [-0.2, 0) is 6.54 Å². The summed E-state index contributed by atoms with van der Waals surface area (Å²) in [7, 11) is 1.61. The number of carbonyl (C=O) groups excluding carboxylic acids is 1.